The van der Waals surface area contributed by atoms with Gasteiger partial charge in [0.15, 0.2) is 0 Å². The van der Waals surface area contributed by atoms with Crippen LogP contribution in [0.15, 0.2) is 42.5 Å². The zero-order valence-electron chi connectivity index (χ0n) is 23.1. The predicted octanol–water partition coefficient (Wildman–Crippen LogP) is 4.57. The molecule has 1 saturated heterocycles. The van der Waals surface area contributed by atoms with E-state index in [1.54, 1.807) is 29.2 Å². The van der Waals surface area contributed by atoms with Crippen molar-refractivity contribution in [3.8, 4) is 0 Å². The maximum absolute atomic E-state index is 14.0. The number of hydrogen-bond acceptors (Lipinski definition) is 4. The highest BCUT2D eigenvalue weighted by Crippen LogP contribution is 2.50. The molecule has 4 aliphatic rings. The molecule has 1 aliphatic heterocycles. The molecule has 8 nitrogen and oxygen atoms in total. The van der Waals surface area contributed by atoms with E-state index in [9.17, 15) is 14.4 Å². The van der Waals surface area contributed by atoms with Crippen molar-refractivity contribution in [2.24, 2.45) is 29.4 Å². The Morgan fingerprint density at radius 2 is 1.68 bits per heavy atom. The number of fused-ring (bicyclic) bond motifs is 1. The van der Waals surface area contributed by atoms with Crippen LogP contribution in [-0.4, -0.2) is 46.9 Å². The normalized spacial score (nSPS) is 24.7. The number of rotatable bonds is 9. The number of amides is 4. The van der Waals surface area contributed by atoms with Crippen molar-refractivity contribution in [2.75, 3.05) is 17.2 Å². The van der Waals surface area contributed by atoms with Crippen LogP contribution in [-0.2, 0) is 22.4 Å². The Hall–Kier alpha value is -3.10. The molecule has 3 atom stereocenters. The van der Waals surface area contributed by atoms with E-state index in [-0.39, 0.29) is 35.7 Å². The van der Waals surface area contributed by atoms with Gasteiger partial charge in [0.05, 0.1) is 12.1 Å². The lowest BCUT2D eigenvalue weighted by molar-refractivity contribution is -0.125. The van der Waals surface area contributed by atoms with Gasteiger partial charge in [-0.1, -0.05) is 37.6 Å². The second-order valence-electron chi connectivity index (χ2n) is 12.5. The van der Waals surface area contributed by atoms with Crippen LogP contribution in [0.2, 0.25) is 5.02 Å². The number of carbonyl (C=O) groups is 3. The van der Waals surface area contributed by atoms with E-state index in [4.69, 9.17) is 17.3 Å². The third-order valence-corrected chi connectivity index (χ3v) is 9.48. The first-order valence-electron chi connectivity index (χ1n) is 14.5. The molecule has 3 fully saturated rings. The van der Waals surface area contributed by atoms with Gasteiger partial charge in [-0.05, 0) is 90.8 Å². The third kappa shape index (κ3) is 5.19. The quantitative estimate of drug-likeness (QED) is 0.357. The fraction of sp³-hybridized carbons (Fsp3) is 0.516. The molecule has 2 aromatic rings. The molecule has 2 saturated carbocycles. The summed E-state index contributed by atoms with van der Waals surface area (Å²) in [6, 6.07) is 12.0. The van der Waals surface area contributed by atoms with Crippen molar-refractivity contribution in [1.29, 1.82) is 0 Å². The number of carbonyl (C=O) groups excluding carboxylic acids is 3. The molecule has 6 rings (SSSR count). The smallest absolute Gasteiger partial charge is 0.318 e. The Bertz CT molecular complexity index is 1330. The lowest BCUT2D eigenvalue weighted by atomic mass is 9.89. The summed E-state index contributed by atoms with van der Waals surface area (Å²) in [4.78, 5) is 42.1. The number of benzene rings is 2. The van der Waals surface area contributed by atoms with Crippen LogP contribution in [0.4, 0.5) is 16.2 Å². The van der Waals surface area contributed by atoms with Gasteiger partial charge in [0.1, 0.15) is 5.54 Å². The Balaban J connectivity index is 1.25. The van der Waals surface area contributed by atoms with Crippen LogP contribution in [0.1, 0.15) is 50.7 Å². The maximum Gasteiger partial charge on any atom is 0.318 e. The number of halogens is 1. The van der Waals surface area contributed by atoms with Crippen LogP contribution >= 0.6 is 11.6 Å². The Kier molecular flexibility index (Phi) is 7.03. The highest BCUT2D eigenvalue weighted by atomic mass is 35.5. The zero-order chi connectivity index (χ0) is 28.2. The van der Waals surface area contributed by atoms with Crippen molar-refractivity contribution in [1.82, 2.24) is 10.2 Å². The van der Waals surface area contributed by atoms with E-state index in [1.165, 1.54) is 25.7 Å². The van der Waals surface area contributed by atoms with Crippen molar-refractivity contribution in [2.45, 2.75) is 70.0 Å². The van der Waals surface area contributed by atoms with Crippen molar-refractivity contribution >= 4 is 40.8 Å². The van der Waals surface area contributed by atoms with Crippen molar-refractivity contribution in [3.63, 3.8) is 0 Å². The Morgan fingerprint density at radius 3 is 2.30 bits per heavy atom. The minimum absolute atomic E-state index is 0.0470. The van der Waals surface area contributed by atoms with Gasteiger partial charge in [0.2, 0.25) is 5.91 Å². The highest BCUT2D eigenvalue weighted by Gasteiger charge is 2.53. The first-order chi connectivity index (χ1) is 19.1. The topological polar surface area (TPSA) is 117 Å². The second-order valence-corrected chi connectivity index (χ2v) is 12.9. The summed E-state index contributed by atoms with van der Waals surface area (Å²) in [6.07, 6.45) is 5.40. The summed E-state index contributed by atoms with van der Waals surface area (Å²) in [6.45, 7) is 4.57. The molecule has 1 unspecified atom stereocenters. The van der Waals surface area contributed by atoms with Gasteiger partial charge < -0.3 is 26.6 Å². The number of hydrogen-bond donors (Lipinski definition) is 4. The van der Waals surface area contributed by atoms with Crippen LogP contribution in [0.25, 0.3) is 0 Å². The van der Waals surface area contributed by atoms with E-state index >= 15 is 0 Å². The van der Waals surface area contributed by atoms with E-state index in [0.717, 1.165) is 11.1 Å². The Labute approximate surface area is 240 Å². The number of nitrogens with zero attached hydrogens (tertiary/aromatic N) is 1. The number of anilines is 2. The first-order valence-corrected chi connectivity index (χ1v) is 14.9. The molecule has 212 valence electrons. The second kappa shape index (κ2) is 10.4. The van der Waals surface area contributed by atoms with E-state index in [0.29, 0.717) is 47.6 Å². The molecular formula is C31H38ClN5O3. The molecule has 0 bridgehead atoms. The molecule has 1 heterocycles. The molecule has 2 aromatic carbocycles. The third-order valence-electron chi connectivity index (χ3n) is 9.25. The molecule has 0 aromatic heterocycles. The molecular weight excluding hydrogens is 526 g/mol. The fourth-order valence-electron chi connectivity index (χ4n) is 6.66. The number of nitrogens with one attached hydrogen (secondary N) is 3. The van der Waals surface area contributed by atoms with Gasteiger partial charge in [0.25, 0.3) is 5.91 Å². The largest absolute Gasteiger partial charge is 0.333 e. The average Bonchev–Trinajstić information content (AvgIpc) is 3.84. The van der Waals surface area contributed by atoms with Gasteiger partial charge in [-0.3, -0.25) is 9.59 Å². The molecule has 9 heteroatoms. The predicted molar refractivity (Wildman–Crippen MR) is 156 cm³/mol. The van der Waals surface area contributed by atoms with Crippen molar-refractivity contribution in [3.05, 3.63) is 58.6 Å². The van der Waals surface area contributed by atoms with Gasteiger partial charge >= 0.3 is 6.03 Å². The summed E-state index contributed by atoms with van der Waals surface area (Å²) in [7, 11) is 0. The lowest BCUT2D eigenvalue weighted by Gasteiger charge is -2.36. The lowest BCUT2D eigenvalue weighted by Crippen LogP contribution is -2.59. The highest BCUT2D eigenvalue weighted by molar-refractivity contribution is 6.30. The first kappa shape index (κ1) is 27.1. The monoisotopic (exact) mass is 563 g/mol. The minimum atomic E-state index is -1.11. The van der Waals surface area contributed by atoms with Crippen molar-refractivity contribution < 1.29 is 14.4 Å². The molecule has 0 radical (unpaired) electrons. The fourth-order valence-corrected chi connectivity index (χ4v) is 6.85. The van der Waals surface area contributed by atoms with Gasteiger partial charge in [-0.2, -0.15) is 0 Å². The average molecular weight is 564 g/mol. The van der Waals surface area contributed by atoms with Gasteiger partial charge in [-0.25, -0.2) is 4.79 Å². The van der Waals surface area contributed by atoms with E-state index < -0.39 is 11.6 Å². The maximum atomic E-state index is 14.0. The van der Waals surface area contributed by atoms with Crippen LogP contribution in [0.5, 0.6) is 0 Å². The molecule has 0 spiro atoms. The number of nitrogens with two attached hydrogens (primary N) is 1. The SMILES string of the molecule is CC(C)[C@@H]1CN(C2(C(=O)Nc3cccc(Cl)c3)Cc3ccc(NC(=O)[C@@H](N)C(C4CC4)C4CC4)cc3C2)C(=O)N1. The zero-order valence-corrected chi connectivity index (χ0v) is 23.8. The molecule has 3 aliphatic carbocycles. The molecule has 5 N–H and O–H groups in total. The van der Waals surface area contributed by atoms with E-state index in [1.807, 2.05) is 18.2 Å². The van der Waals surface area contributed by atoms with Crippen LogP contribution in [0, 0.1) is 23.7 Å². The molecule has 4 amide bonds. The number of urea groups is 1. The Morgan fingerprint density at radius 1 is 1.00 bits per heavy atom. The van der Waals surface area contributed by atoms with Crippen LogP contribution < -0.4 is 21.7 Å². The standard InChI is InChI=1S/C31H38ClN5O3/c1-17(2)25-16-37(30(40)36-25)31(29(39)35-23-5-3-4-22(32)13-23)14-20-10-11-24(12-21(20)15-31)34-28(38)27(33)26(18-6-7-18)19-8-9-19/h3-5,10-13,17-19,25-27H,6-9,14-16,33H2,1-2H3,(H,34,38)(H,35,39)(H,36,40)/t25-,27-,31?/m0/s1. The molecule has 40 heavy (non-hydrogen) atoms. The van der Waals surface area contributed by atoms with Gasteiger partial charge in [-0.15, -0.1) is 0 Å². The summed E-state index contributed by atoms with van der Waals surface area (Å²) in [5.74, 6) is 1.24. The summed E-state index contributed by atoms with van der Waals surface area (Å²) < 4.78 is 0. The van der Waals surface area contributed by atoms with Gasteiger partial charge in [0, 0.05) is 35.8 Å². The van der Waals surface area contributed by atoms with E-state index in [2.05, 4.69) is 29.8 Å². The van der Waals surface area contributed by atoms with Crippen LogP contribution in [0.3, 0.4) is 0 Å². The summed E-state index contributed by atoms with van der Waals surface area (Å²) >= 11 is 6.17. The summed E-state index contributed by atoms with van der Waals surface area (Å²) in [5.41, 5.74) is 8.54. The summed E-state index contributed by atoms with van der Waals surface area (Å²) in [5, 5.41) is 9.65. The minimum Gasteiger partial charge on any atom is -0.333 e.